The standard InChI is InChI=1S/C14H17FN4O2S/c1-18-10-11(9-17-18)8-16-12-3-4-13(15)14(7-12)19-5-2-6-22(19,20)21/h3-4,7,9-10,16H,2,5-6,8H2,1H3. The smallest absolute Gasteiger partial charge is 0.235 e. The summed E-state index contributed by atoms with van der Waals surface area (Å²) in [4.78, 5) is 0. The summed E-state index contributed by atoms with van der Waals surface area (Å²) >= 11 is 0. The van der Waals surface area contributed by atoms with E-state index in [1.54, 1.807) is 16.9 Å². The zero-order chi connectivity index (χ0) is 15.7. The maximum atomic E-state index is 14.0. The molecule has 1 aliphatic heterocycles. The second-order valence-electron chi connectivity index (χ2n) is 5.28. The third-order valence-electron chi connectivity index (χ3n) is 3.57. The summed E-state index contributed by atoms with van der Waals surface area (Å²) in [5, 5.41) is 7.22. The van der Waals surface area contributed by atoms with Gasteiger partial charge in [0.25, 0.3) is 0 Å². The molecule has 2 aromatic rings. The molecule has 22 heavy (non-hydrogen) atoms. The summed E-state index contributed by atoms with van der Waals surface area (Å²) in [5.41, 5.74) is 1.76. The molecule has 8 heteroatoms. The molecule has 0 saturated carbocycles. The van der Waals surface area contributed by atoms with E-state index in [9.17, 15) is 12.8 Å². The van der Waals surface area contributed by atoms with Gasteiger partial charge in [0.2, 0.25) is 10.0 Å². The van der Waals surface area contributed by atoms with Crippen molar-refractivity contribution in [1.29, 1.82) is 0 Å². The van der Waals surface area contributed by atoms with Crippen LogP contribution in [-0.2, 0) is 23.6 Å². The van der Waals surface area contributed by atoms with Gasteiger partial charge in [-0.05, 0) is 24.6 Å². The predicted molar refractivity (Wildman–Crippen MR) is 82.7 cm³/mol. The molecule has 1 aliphatic rings. The van der Waals surface area contributed by atoms with Crippen molar-refractivity contribution < 1.29 is 12.8 Å². The van der Waals surface area contributed by atoms with Crippen LogP contribution >= 0.6 is 0 Å². The van der Waals surface area contributed by atoms with Crippen LogP contribution in [0.2, 0.25) is 0 Å². The first-order chi connectivity index (χ1) is 10.5. The third-order valence-corrected chi connectivity index (χ3v) is 5.42. The Kier molecular flexibility index (Phi) is 3.78. The monoisotopic (exact) mass is 324 g/mol. The van der Waals surface area contributed by atoms with E-state index in [1.807, 2.05) is 13.2 Å². The van der Waals surface area contributed by atoms with Crippen LogP contribution in [0.4, 0.5) is 15.8 Å². The number of benzene rings is 1. The predicted octanol–water partition coefficient (Wildman–Crippen LogP) is 1.71. The van der Waals surface area contributed by atoms with Crippen molar-refractivity contribution in [2.45, 2.75) is 13.0 Å². The molecule has 1 fully saturated rings. The van der Waals surface area contributed by atoms with Crippen LogP contribution in [0.15, 0.2) is 30.6 Å². The SMILES string of the molecule is Cn1cc(CNc2ccc(F)c(N3CCCS3(=O)=O)c2)cn1. The highest BCUT2D eigenvalue weighted by Crippen LogP contribution is 2.29. The van der Waals surface area contributed by atoms with Gasteiger partial charge in [-0.15, -0.1) is 0 Å². The molecule has 1 N–H and O–H groups in total. The summed E-state index contributed by atoms with van der Waals surface area (Å²) in [6.45, 7) is 0.858. The topological polar surface area (TPSA) is 67.2 Å². The van der Waals surface area contributed by atoms with Gasteiger partial charge in [-0.3, -0.25) is 8.99 Å². The van der Waals surface area contributed by atoms with E-state index in [-0.39, 0.29) is 11.4 Å². The van der Waals surface area contributed by atoms with Crippen LogP contribution in [0.1, 0.15) is 12.0 Å². The maximum Gasteiger partial charge on any atom is 0.235 e. The molecule has 2 heterocycles. The van der Waals surface area contributed by atoms with Gasteiger partial charge in [0, 0.05) is 37.6 Å². The highest BCUT2D eigenvalue weighted by molar-refractivity contribution is 7.93. The first kappa shape index (κ1) is 14.8. The number of sulfonamides is 1. The van der Waals surface area contributed by atoms with Crippen molar-refractivity contribution in [3.05, 3.63) is 42.0 Å². The average molecular weight is 324 g/mol. The number of aryl methyl sites for hydroxylation is 1. The number of nitrogens with one attached hydrogen (secondary N) is 1. The van der Waals surface area contributed by atoms with Crippen LogP contribution in [0.5, 0.6) is 0 Å². The third kappa shape index (κ3) is 2.92. The molecule has 0 aliphatic carbocycles. The Bertz CT molecular complexity index is 788. The van der Waals surface area contributed by atoms with Gasteiger partial charge in [0.05, 0.1) is 17.6 Å². The Morgan fingerprint density at radius 1 is 1.41 bits per heavy atom. The fourth-order valence-electron chi connectivity index (χ4n) is 2.49. The summed E-state index contributed by atoms with van der Waals surface area (Å²) < 4.78 is 40.7. The molecule has 0 bridgehead atoms. The fourth-order valence-corrected chi connectivity index (χ4v) is 4.05. The number of aromatic nitrogens is 2. The minimum absolute atomic E-state index is 0.0692. The lowest BCUT2D eigenvalue weighted by Gasteiger charge is -2.18. The van der Waals surface area contributed by atoms with Crippen molar-refractivity contribution in [3.63, 3.8) is 0 Å². The summed E-state index contributed by atoms with van der Waals surface area (Å²) in [7, 11) is -1.56. The van der Waals surface area contributed by atoms with Crippen LogP contribution in [0.3, 0.4) is 0 Å². The van der Waals surface area contributed by atoms with Crippen molar-refractivity contribution >= 4 is 21.4 Å². The number of rotatable bonds is 4. The van der Waals surface area contributed by atoms with E-state index in [1.165, 1.54) is 12.1 Å². The van der Waals surface area contributed by atoms with Crippen LogP contribution in [0, 0.1) is 5.82 Å². The van der Waals surface area contributed by atoms with Gasteiger partial charge in [0.1, 0.15) is 5.82 Å². The first-order valence-corrected chi connectivity index (χ1v) is 8.58. The maximum absolute atomic E-state index is 14.0. The Morgan fingerprint density at radius 3 is 2.86 bits per heavy atom. The van der Waals surface area contributed by atoms with Crippen molar-refractivity contribution in [1.82, 2.24) is 9.78 Å². The second kappa shape index (κ2) is 5.60. The number of hydrogen-bond acceptors (Lipinski definition) is 4. The molecular weight excluding hydrogens is 307 g/mol. The van der Waals surface area contributed by atoms with Gasteiger partial charge < -0.3 is 5.32 Å². The molecule has 0 radical (unpaired) electrons. The molecule has 1 aromatic heterocycles. The van der Waals surface area contributed by atoms with E-state index in [2.05, 4.69) is 10.4 Å². The summed E-state index contributed by atoms with van der Waals surface area (Å²) in [5.74, 6) is -0.461. The highest BCUT2D eigenvalue weighted by atomic mass is 32.2. The molecule has 3 rings (SSSR count). The Morgan fingerprint density at radius 2 is 2.23 bits per heavy atom. The highest BCUT2D eigenvalue weighted by Gasteiger charge is 2.30. The minimum Gasteiger partial charge on any atom is -0.381 e. The quantitative estimate of drug-likeness (QED) is 0.930. The zero-order valence-electron chi connectivity index (χ0n) is 12.2. The average Bonchev–Trinajstić information content (AvgIpc) is 3.03. The van der Waals surface area contributed by atoms with E-state index in [0.717, 1.165) is 9.87 Å². The van der Waals surface area contributed by atoms with E-state index in [0.29, 0.717) is 25.2 Å². The molecular formula is C14H17FN4O2S. The molecule has 6 nitrogen and oxygen atoms in total. The molecule has 1 aromatic carbocycles. The molecule has 0 atom stereocenters. The number of nitrogens with zero attached hydrogens (tertiary/aromatic N) is 3. The lowest BCUT2D eigenvalue weighted by molar-refractivity contribution is 0.595. The van der Waals surface area contributed by atoms with Gasteiger partial charge in [-0.1, -0.05) is 0 Å². The normalized spacial score (nSPS) is 16.9. The first-order valence-electron chi connectivity index (χ1n) is 6.97. The lowest BCUT2D eigenvalue weighted by Crippen LogP contribution is -2.26. The van der Waals surface area contributed by atoms with Gasteiger partial charge in [-0.25, -0.2) is 12.8 Å². The Balaban J connectivity index is 1.81. The van der Waals surface area contributed by atoms with Crippen LogP contribution in [-0.4, -0.2) is 30.5 Å². The number of halogens is 1. The lowest BCUT2D eigenvalue weighted by atomic mass is 10.2. The van der Waals surface area contributed by atoms with Crippen molar-refractivity contribution in [3.8, 4) is 0 Å². The van der Waals surface area contributed by atoms with E-state index >= 15 is 0 Å². The summed E-state index contributed by atoms with van der Waals surface area (Å²) in [6.07, 6.45) is 4.14. The zero-order valence-corrected chi connectivity index (χ0v) is 13.0. The van der Waals surface area contributed by atoms with E-state index in [4.69, 9.17) is 0 Å². The Labute approximate surface area is 128 Å². The molecule has 1 saturated heterocycles. The molecule has 0 spiro atoms. The molecule has 118 valence electrons. The Hall–Kier alpha value is -2.09. The minimum atomic E-state index is -3.39. The van der Waals surface area contributed by atoms with Crippen LogP contribution in [0.25, 0.3) is 0 Å². The van der Waals surface area contributed by atoms with E-state index < -0.39 is 15.8 Å². The van der Waals surface area contributed by atoms with Gasteiger partial charge >= 0.3 is 0 Å². The van der Waals surface area contributed by atoms with Gasteiger partial charge in [0.15, 0.2) is 0 Å². The van der Waals surface area contributed by atoms with Crippen LogP contribution < -0.4 is 9.62 Å². The molecule has 0 amide bonds. The second-order valence-corrected chi connectivity index (χ2v) is 7.30. The number of anilines is 2. The fraction of sp³-hybridized carbons (Fsp3) is 0.357. The van der Waals surface area contributed by atoms with Gasteiger partial charge in [-0.2, -0.15) is 5.10 Å². The van der Waals surface area contributed by atoms with Crippen molar-refractivity contribution in [2.75, 3.05) is 21.9 Å². The molecule has 0 unspecified atom stereocenters. The summed E-state index contributed by atoms with van der Waals surface area (Å²) in [6, 6.07) is 4.42. The largest absolute Gasteiger partial charge is 0.381 e. The van der Waals surface area contributed by atoms with Crippen molar-refractivity contribution in [2.24, 2.45) is 7.05 Å². The number of hydrogen-bond donors (Lipinski definition) is 1.